The average Bonchev–Trinajstić information content (AvgIpc) is 2.57. The Kier molecular flexibility index (Phi) is 2.82. The molecule has 1 aromatic heterocycles. The number of hydrogen-bond donors (Lipinski definition) is 1. The van der Waals surface area contributed by atoms with E-state index < -0.39 is 0 Å². The summed E-state index contributed by atoms with van der Waals surface area (Å²) in [5, 5.41) is 1.03. The van der Waals surface area contributed by atoms with Gasteiger partial charge in [0.25, 0.3) is 0 Å². The summed E-state index contributed by atoms with van der Waals surface area (Å²) in [4.78, 5) is 15.4. The molecule has 0 aliphatic carbocycles. The first-order valence-corrected chi connectivity index (χ1v) is 5.98. The fourth-order valence-corrected chi connectivity index (χ4v) is 2.05. The van der Waals surface area contributed by atoms with E-state index >= 15 is 0 Å². The van der Waals surface area contributed by atoms with Crippen LogP contribution in [0.15, 0.2) is 24.4 Å². The fraction of sp³-hybridized carbons (Fsp3) is 0.400. The molecule has 0 bridgehead atoms. The van der Waals surface area contributed by atoms with Gasteiger partial charge in [0.05, 0.1) is 0 Å². The van der Waals surface area contributed by atoms with E-state index in [4.69, 9.17) is 0 Å². The van der Waals surface area contributed by atoms with Gasteiger partial charge in [0.15, 0.2) is 5.78 Å². The van der Waals surface area contributed by atoms with Crippen LogP contribution in [0.25, 0.3) is 10.9 Å². The molecule has 0 aliphatic heterocycles. The largest absolute Gasteiger partial charge is 0.360 e. The molecule has 1 N–H and O–H groups in total. The van der Waals surface area contributed by atoms with Crippen molar-refractivity contribution in [2.24, 2.45) is 5.41 Å². The summed E-state index contributed by atoms with van der Waals surface area (Å²) in [6.45, 7) is 8.31. The van der Waals surface area contributed by atoms with Crippen LogP contribution in [0.1, 0.15) is 43.1 Å². The Morgan fingerprint density at radius 3 is 2.65 bits per heavy atom. The van der Waals surface area contributed by atoms with Crippen molar-refractivity contribution in [2.45, 2.75) is 34.1 Å². The normalized spacial score (nSPS) is 12.0. The number of fused-ring (bicyclic) bond motifs is 1. The number of Topliss-reactive ketones (excluding diaryl/α,β-unsaturated/α-hetero) is 1. The summed E-state index contributed by atoms with van der Waals surface area (Å²) >= 11 is 0. The van der Waals surface area contributed by atoms with Gasteiger partial charge < -0.3 is 4.98 Å². The van der Waals surface area contributed by atoms with Gasteiger partial charge in [-0.05, 0) is 24.0 Å². The molecule has 0 saturated heterocycles. The number of aryl methyl sites for hydroxylation is 1. The minimum absolute atomic E-state index is 0.0331. The van der Waals surface area contributed by atoms with Crippen LogP contribution in [0.4, 0.5) is 0 Å². The van der Waals surface area contributed by atoms with E-state index in [9.17, 15) is 4.79 Å². The molecule has 1 aromatic carbocycles. The molecule has 17 heavy (non-hydrogen) atoms. The Morgan fingerprint density at radius 2 is 2.00 bits per heavy atom. The highest BCUT2D eigenvalue weighted by atomic mass is 16.1. The minimum atomic E-state index is 0.0331. The second kappa shape index (κ2) is 4.02. The second-order valence-electron chi connectivity index (χ2n) is 5.91. The average molecular weight is 229 g/mol. The first-order chi connectivity index (χ1) is 7.87. The number of benzene rings is 1. The first-order valence-electron chi connectivity index (χ1n) is 5.98. The predicted octanol–water partition coefficient (Wildman–Crippen LogP) is 4.10. The molecule has 0 radical (unpaired) electrons. The lowest BCUT2D eigenvalue weighted by Crippen LogP contribution is -2.12. The molecule has 0 atom stereocenters. The van der Waals surface area contributed by atoms with Crippen LogP contribution in [0, 0.1) is 12.3 Å². The van der Waals surface area contributed by atoms with E-state index in [1.54, 1.807) is 0 Å². The Morgan fingerprint density at radius 1 is 1.29 bits per heavy atom. The summed E-state index contributed by atoms with van der Waals surface area (Å²) in [5.41, 5.74) is 3.09. The standard InChI is InChI=1S/C15H19NO/c1-10-5-6-11-12(9-16-13(11)7-10)14(17)8-15(2,3)4/h5-7,9,16H,8H2,1-4H3. The summed E-state index contributed by atoms with van der Waals surface area (Å²) in [6, 6.07) is 6.14. The zero-order valence-corrected chi connectivity index (χ0v) is 10.9. The monoisotopic (exact) mass is 229 g/mol. The third kappa shape index (κ3) is 2.57. The highest BCUT2D eigenvalue weighted by molar-refractivity contribution is 6.08. The van der Waals surface area contributed by atoms with Crippen LogP contribution in [0.5, 0.6) is 0 Å². The van der Waals surface area contributed by atoms with Crippen molar-refractivity contribution in [1.29, 1.82) is 0 Å². The molecule has 0 aliphatic rings. The molecule has 2 rings (SSSR count). The Labute approximate surface area is 102 Å². The van der Waals surface area contributed by atoms with Crippen molar-refractivity contribution in [3.63, 3.8) is 0 Å². The number of ketones is 1. The molecule has 0 unspecified atom stereocenters. The van der Waals surface area contributed by atoms with Crippen LogP contribution < -0.4 is 0 Å². The molecular formula is C15H19NO. The van der Waals surface area contributed by atoms with Gasteiger partial charge in [0.2, 0.25) is 0 Å². The van der Waals surface area contributed by atoms with E-state index in [1.165, 1.54) is 5.56 Å². The Balaban J connectivity index is 2.40. The number of rotatable bonds is 2. The van der Waals surface area contributed by atoms with Crippen LogP contribution in [-0.2, 0) is 0 Å². The van der Waals surface area contributed by atoms with Crippen LogP contribution in [-0.4, -0.2) is 10.8 Å². The number of carbonyl (C=O) groups is 1. The van der Waals surface area contributed by atoms with Crippen molar-refractivity contribution in [1.82, 2.24) is 4.98 Å². The van der Waals surface area contributed by atoms with E-state index in [0.29, 0.717) is 6.42 Å². The highest BCUT2D eigenvalue weighted by Crippen LogP contribution is 2.26. The predicted molar refractivity (Wildman–Crippen MR) is 71.4 cm³/mol. The lowest BCUT2D eigenvalue weighted by Gasteiger charge is -2.16. The maximum absolute atomic E-state index is 12.2. The summed E-state index contributed by atoms with van der Waals surface area (Å²) in [7, 11) is 0. The molecule has 0 spiro atoms. The molecule has 0 saturated carbocycles. The minimum Gasteiger partial charge on any atom is -0.360 e. The van der Waals surface area contributed by atoms with Gasteiger partial charge in [-0.3, -0.25) is 4.79 Å². The summed E-state index contributed by atoms with van der Waals surface area (Å²) < 4.78 is 0. The van der Waals surface area contributed by atoms with Gasteiger partial charge in [-0.25, -0.2) is 0 Å². The van der Waals surface area contributed by atoms with E-state index in [2.05, 4.69) is 38.7 Å². The van der Waals surface area contributed by atoms with E-state index in [0.717, 1.165) is 16.5 Å². The van der Waals surface area contributed by atoms with Gasteiger partial charge >= 0.3 is 0 Å². The van der Waals surface area contributed by atoms with Gasteiger partial charge in [0, 0.05) is 29.1 Å². The molecular weight excluding hydrogens is 210 g/mol. The Bertz CT molecular complexity index is 558. The van der Waals surface area contributed by atoms with Crippen LogP contribution in [0.3, 0.4) is 0 Å². The van der Waals surface area contributed by atoms with Gasteiger partial charge in [-0.2, -0.15) is 0 Å². The smallest absolute Gasteiger partial charge is 0.165 e. The quantitative estimate of drug-likeness (QED) is 0.773. The van der Waals surface area contributed by atoms with Crippen LogP contribution >= 0.6 is 0 Å². The third-order valence-electron chi connectivity index (χ3n) is 2.83. The number of H-pyrrole nitrogens is 1. The fourth-order valence-electron chi connectivity index (χ4n) is 2.05. The Hall–Kier alpha value is -1.57. The number of aromatic nitrogens is 1. The van der Waals surface area contributed by atoms with Gasteiger partial charge in [-0.1, -0.05) is 32.9 Å². The number of carbonyl (C=O) groups excluding carboxylic acids is 1. The second-order valence-corrected chi connectivity index (χ2v) is 5.91. The zero-order chi connectivity index (χ0) is 12.6. The molecule has 0 fully saturated rings. The van der Waals surface area contributed by atoms with Crippen molar-refractivity contribution in [3.05, 3.63) is 35.5 Å². The first kappa shape index (κ1) is 11.9. The lowest BCUT2D eigenvalue weighted by atomic mass is 9.88. The molecule has 2 nitrogen and oxygen atoms in total. The highest BCUT2D eigenvalue weighted by Gasteiger charge is 2.19. The lowest BCUT2D eigenvalue weighted by molar-refractivity contribution is 0.0941. The van der Waals surface area contributed by atoms with E-state index in [-0.39, 0.29) is 11.2 Å². The summed E-state index contributed by atoms with van der Waals surface area (Å²) in [6.07, 6.45) is 2.41. The number of hydrogen-bond acceptors (Lipinski definition) is 1. The van der Waals surface area contributed by atoms with E-state index in [1.807, 2.05) is 18.3 Å². The molecule has 1 heterocycles. The SMILES string of the molecule is Cc1ccc2c(C(=O)CC(C)(C)C)c[nH]c2c1. The van der Waals surface area contributed by atoms with Crippen molar-refractivity contribution >= 4 is 16.7 Å². The van der Waals surface area contributed by atoms with Crippen molar-refractivity contribution in [2.75, 3.05) is 0 Å². The topological polar surface area (TPSA) is 32.9 Å². The van der Waals surface area contributed by atoms with Gasteiger partial charge in [0.1, 0.15) is 0 Å². The molecule has 2 aromatic rings. The van der Waals surface area contributed by atoms with Crippen molar-refractivity contribution in [3.8, 4) is 0 Å². The number of aromatic amines is 1. The molecule has 0 amide bonds. The third-order valence-corrected chi connectivity index (χ3v) is 2.83. The molecule has 90 valence electrons. The zero-order valence-electron chi connectivity index (χ0n) is 10.9. The molecule has 2 heteroatoms. The van der Waals surface area contributed by atoms with Crippen molar-refractivity contribution < 1.29 is 4.79 Å². The maximum Gasteiger partial charge on any atom is 0.165 e. The van der Waals surface area contributed by atoms with Gasteiger partial charge in [-0.15, -0.1) is 0 Å². The van der Waals surface area contributed by atoms with Crippen LogP contribution in [0.2, 0.25) is 0 Å². The maximum atomic E-state index is 12.2. The summed E-state index contributed by atoms with van der Waals surface area (Å²) in [5.74, 6) is 0.215. The number of nitrogens with one attached hydrogen (secondary N) is 1.